The Morgan fingerprint density at radius 3 is 2.29 bits per heavy atom. The molecular formula is C24H24N4. The van der Waals surface area contributed by atoms with Crippen LogP contribution >= 0.6 is 0 Å². The van der Waals surface area contributed by atoms with E-state index in [2.05, 4.69) is 81.2 Å². The van der Waals surface area contributed by atoms with Crippen LogP contribution in [0.25, 0.3) is 22.6 Å². The average molecular weight is 368 g/mol. The molecule has 5 rings (SSSR count). The highest BCUT2D eigenvalue weighted by Crippen LogP contribution is 2.32. The summed E-state index contributed by atoms with van der Waals surface area (Å²) in [4.78, 5) is 12.2. The molecule has 0 atom stereocenters. The van der Waals surface area contributed by atoms with Crippen molar-refractivity contribution in [2.24, 2.45) is 0 Å². The first kappa shape index (κ1) is 17.1. The summed E-state index contributed by atoms with van der Waals surface area (Å²) in [6, 6.07) is 25.7. The molecule has 0 amide bonds. The molecule has 1 aliphatic heterocycles. The number of aromatic nitrogens is 3. The molecule has 0 N–H and O–H groups in total. The quantitative estimate of drug-likeness (QED) is 0.512. The van der Waals surface area contributed by atoms with Crippen molar-refractivity contribution in [3.8, 4) is 11.4 Å². The van der Waals surface area contributed by atoms with Crippen molar-refractivity contribution in [3.63, 3.8) is 0 Å². The van der Waals surface area contributed by atoms with E-state index in [4.69, 9.17) is 4.98 Å². The summed E-state index contributed by atoms with van der Waals surface area (Å²) < 4.78 is 2.38. The summed E-state index contributed by atoms with van der Waals surface area (Å²) in [6.07, 6.45) is 4.11. The van der Waals surface area contributed by atoms with E-state index in [1.165, 1.54) is 5.56 Å². The number of hydrogen-bond acceptors (Lipinski definition) is 3. The van der Waals surface area contributed by atoms with Crippen molar-refractivity contribution in [3.05, 3.63) is 84.6 Å². The van der Waals surface area contributed by atoms with Gasteiger partial charge in [0.1, 0.15) is 11.3 Å². The second-order valence-corrected chi connectivity index (χ2v) is 7.51. The SMILES string of the molecule is c1ccc(CN2CCC(n3c(-c4ccccc4)nc4cccnc43)CC2)cc1. The molecule has 1 aliphatic rings. The van der Waals surface area contributed by atoms with E-state index < -0.39 is 0 Å². The smallest absolute Gasteiger partial charge is 0.160 e. The molecule has 140 valence electrons. The molecule has 2 aromatic carbocycles. The maximum Gasteiger partial charge on any atom is 0.160 e. The lowest BCUT2D eigenvalue weighted by molar-refractivity contribution is 0.182. The van der Waals surface area contributed by atoms with Gasteiger partial charge in [0.05, 0.1) is 0 Å². The zero-order valence-corrected chi connectivity index (χ0v) is 15.9. The fraction of sp³-hybridized carbons (Fsp3) is 0.250. The molecule has 4 aromatic rings. The maximum atomic E-state index is 4.93. The topological polar surface area (TPSA) is 34.0 Å². The highest BCUT2D eigenvalue weighted by molar-refractivity contribution is 5.77. The minimum Gasteiger partial charge on any atom is -0.305 e. The summed E-state index contributed by atoms with van der Waals surface area (Å²) in [5.74, 6) is 1.04. The molecule has 28 heavy (non-hydrogen) atoms. The lowest BCUT2D eigenvalue weighted by Crippen LogP contribution is -2.34. The Hall–Kier alpha value is -2.98. The minimum absolute atomic E-state index is 0.433. The van der Waals surface area contributed by atoms with Gasteiger partial charge in [-0.15, -0.1) is 0 Å². The van der Waals surface area contributed by atoms with Gasteiger partial charge in [0.15, 0.2) is 5.65 Å². The fourth-order valence-electron chi connectivity index (χ4n) is 4.24. The number of rotatable bonds is 4. The van der Waals surface area contributed by atoms with Gasteiger partial charge < -0.3 is 4.57 Å². The van der Waals surface area contributed by atoms with Crippen molar-refractivity contribution >= 4 is 11.2 Å². The van der Waals surface area contributed by atoms with Crippen LogP contribution in [0.4, 0.5) is 0 Å². The van der Waals surface area contributed by atoms with Crippen LogP contribution in [-0.2, 0) is 6.54 Å². The first-order chi connectivity index (χ1) is 13.9. The lowest BCUT2D eigenvalue weighted by Gasteiger charge is -2.33. The molecule has 2 aromatic heterocycles. The predicted octanol–water partition coefficient (Wildman–Crippen LogP) is 4.94. The van der Waals surface area contributed by atoms with Gasteiger partial charge in [-0.1, -0.05) is 60.7 Å². The Labute approximate surface area is 165 Å². The molecule has 1 fully saturated rings. The summed E-state index contributed by atoms with van der Waals surface area (Å²) in [6.45, 7) is 3.22. The summed E-state index contributed by atoms with van der Waals surface area (Å²) >= 11 is 0. The number of imidazole rings is 1. The van der Waals surface area contributed by atoms with Crippen LogP contribution in [0, 0.1) is 0 Å². The molecule has 0 radical (unpaired) electrons. The van der Waals surface area contributed by atoms with Crippen molar-refractivity contribution < 1.29 is 0 Å². The Morgan fingerprint density at radius 1 is 0.821 bits per heavy atom. The number of likely N-dealkylation sites (tertiary alicyclic amines) is 1. The van der Waals surface area contributed by atoms with E-state index in [1.807, 2.05) is 12.3 Å². The van der Waals surface area contributed by atoms with Crippen LogP contribution in [0.2, 0.25) is 0 Å². The second-order valence-electron chi connectivity index (χ2n) is 7.51. The molecule has 4 nitrogen and oxygen atoms in total. The Bertz CT molecular complexity index is 1050. The van der Waals surface area contributed by atoms with Gasteiger partial charge in [0.2, 0.25) is 0 Å². The molecular weight excluding hydrogens is 344 g/mol. The Kier molecular flexibility index (Phi) is 4.63. The number of pyridine rings is 1. The molecule has 0 spiro atoms. The summed E-state index contributed by atoms with van der Waals surface area (Å²) in [5.41, 5.74) is 4.53. The molecule has 3 heterocycles. The van der Waals surface area contributed by atoms with Crippen molar-refractivity contribution in [1.82, 2.24) is 19.4 Å². The van der Waals surface area contributed by atoms with Crippen LogP contribution < -0.4 is 0 Å². The monoisotopic (exact) mass is 368 g/mol. The van der Waals surface area contributed by atoms with Crippen LogP contribution in [0.3, 0.4) is 0 Å². The van der Waals surface area contributed by atoms with Crippen LogP contribution in [0.5, 0.6) is 0 Å². The number of fused-ring (bicyclic) bond motifs is 1. The Balaban J connectivity index is 1.42. The van der Waals surface area contributed by atoms with Crippen LogP contribution in [0.15, 0.2) is 79.0 Å². The number of piperidine rings is 1. The maximum absolute atomic E-state index is 4.93. The summed E-state index contributed by atoms with van der Waals surface area (Å²) in [5, 5.41) is 0. The van der Waals surface area contributed by atoms with Crippen molar-refractivity contribution in [2.75, 3.05) is 13.1 Å². The Morgan fingerprint density at radius 2 is 1.54 bits per heavy atom. The van der Waals surface area contributed by atoms with Gasteiger partial charge in [-0.05, 0) is 30.5 Å². The normalized spacial score (nSPS) is 15.9. The highest BCUT2D eigenvalue weighted by Gasteiger charge is 2.25. The van der Waals surface area contributed by atoms with Gasteiger partial charge in [-0.25, -0.2) is 9.97 Å². The third-order valence-electron chi connectivity index (χ3n) is 5.65. The van der Waals surface area contributed by atoms with E-state index in [0.29, 0.717) is 6.04 Å². The van der Waals surface area contributed by atoms with E-state index in [-0.39, 0.29) is 0 Å². The van der Waals surface area contributed by atoms with Crippen molar-refractivity contribution in [1.29, 1.82) is 0 Å². The van der Waals surface area contributed by atoms with Crippen LogP contribution in [0.1, 0.15) is 24.4 Å². The van der Waals surface area contributed by atoms with E-state index in [0.717, 1.165) is 55.0 Å². The molecule has 0 unspecified atom stereocenters. The first-order valence-corrected chi connectivity index (χ1v) is 10.0. The average Bonchev–Trinajstić information content (AvgIpc) is 3.15. The molecule has 1 saturated heterocycles. The lowest BCUT2D eigenvalue weighted by atomic mass is 10.0. The highest BCUT2D eigenvalue weighted by atomic mass is 15.2. The number of benzene rings is 2. The number of nitrogens with zero attached hydrogens (tertiary/aromatic N) is 4. The fourth-order valence-corrected chi connectivity index (χ4v) is 4.24. The first-order valence-electron chi connectivity index (χ1n) is 10.0. The van der Waals surface area contributed by atoms with E-state index in [1.54, 1.807) is 0 Å². The molecule has 4 heteroatoms. The predicted molar refractivity (Wildman–Crippen MR) is 113 cm³/mol. The van der Waals surface area contributed by atoms with Gasteiger partial charge >= 0.3 is 0 Å². The number of hydrogen-bond donors (Lipinski definition) is 0. The van der Waals surface area contributed by atoms with E-state index in [9.17, 15) is 0 Å². The minimum atomic E-state index is 0.433. The second kappa shape index (κ2) is 7.56. The molecule has 0 bridgehead atoms. The zero-order valence-electron chi connectivity index (χ0n) is 15.9. The molecule has 0 saturated carbocycles. The standard InChI is InChI=1S/C24H24N4/c1-3-8-19(9-4-1)18-27-16-13-21(14-17-27)28-23(20-10-5-2-6-11-20)26-22-12-7-15-25-24(22)28/h1-12,15,21H,13-14,16-18H2. The largest absolute Gasteiger partial charge is 0.305 e. The molecule has 0 aliphatic carbocycles. The van der Waals surface area contributed by atoms with E-state index >= 15 is 0 Å². The zero-order chi connectivity index (χ0) is 18.8. The third kappa shape index (κ3) is 3.32. The van der Waals surface area contributed by atoms with Crippen LogP contribution in [-0.4, -0.2) is 32.5 Å². The summed E-state index contributed by atoms with van der Waals surface area (Å²) in [7, 11) is 0. The van der Waals surface area contributed by atoms with Gasteiger partial charge in [-0.3, -0.25) is 4.90 Å². The van der Waals surface area contributed by atoms with Crippen molar-refractivity contribution in [2.45, 2.75) is 25.4 Å². The van der Waals surface area contributed by atoms with Gasteiger partial charge in [-0.2, -0.15) is 0 Å². The van der Waals surface area contributed by atoms with Gasteiger partial charge in [0.25, 0.3) is 0 Å². The van der Waals surface area contributed by atoms with Gasteiger partial charge in [0, 0.05) is 37.4 Å². The third-order valence-corrected chi connectivity index (χ3v) is 5.65.